The molecule has 0 saturated carbocycles. The van der Waals surface area contributed by atoms with E-state index in [-0.39, 0.29) is 0 Å². The van der Waals surface area contributed by atoms with Crippen LogP contribution in [0.2, 0.25) is 0 Å². The van der Waals surface area contributed by atoms with Gasteiger partial charge in [-0.15, -0.1) is 11.3 Å². The Hall–Kier alpha value is -2.12. The van der Waals surface area contributed by atoms with Gasteiger partial charge in [-0.1, -0.05) is 48.6 Å². The molecule has 0 fully saturated rings. The second kappa shape index (κ2) is 3.61. The second-order valence-corrected chi connectivity index (χ2v) is 7.83. The first-order chi connectivity index (χ1) is 10.8. The minimum Gasteiger partial charge on any atom is -0.140 e. The molecule has 6 rings (SSSR count). The third-order valence-electron chi connectivity index (χ3n) is 5.47. The summed E-state index contributed by atoms with van der Waals surface area (Å²) in [4.78, 5) is 2.88. The molecule has 3 aliphatic carbocycles. The summed E-state index contributed by atoms with van der Waals surface area (Å²) in [5.41, 5.74) is 7.39. The Morgan fingerprint density at radius 2 is 1.45 bits per heavy atom. The maximum absolute atomic E-state index is 2.38. The largest absolute Gasteiger partial charge is 0.140 e. The molecular formula is C21H14S. The summed E-state index contributed by atoms with van der Waals surface area (Å²) in [7, 11) is 0. The zero-order valence-corrected chi connectivity index (χ0v) is 13.1. The SMILES string of the molecule is Cc1cc2c(s1)-c1ccc3c4c(ccc-2c14)C1C=CC=CC31. The van der Waals surface area contributed by atoms with Gasteiger partial charge in [0, 0.05) is 32.7 Å². The lowest BCUT2D eigenvalue weighted by atomic mass is 9.86. The molecule has 104 valence electrons. The molecule has 0 bridgehead atoms. The van der Waals surface area contributed by atoms with Crippen LogP contribution >= 0.6 is 11.3 Å². The van der Waals surface area contributed by atoms with Crippen molar-refractivity contribution in [2.24, 2.45) is 0 Å². The van der Waals surface area contributed by atoms with Crippen molar-refractivity contribution in [1.82, 2.24) is 0 Å². The third kappa shape index (κ3) is 1.14. The predicted octanol–water partition coefficient (Wildman–Crippen LogP) is 6.16. The van der Waals surface area contributed by atoms with Crippen LogP contribution < -0.4 is 0 Å². The highest BCUT2D eigenvalue weighted by Crippen LogP contribution is 2.58. The summed E-state index contributed by atoms with van der Waals surface area (Å²) in [5, 5.41) is 3.04. The average Bonchev–Trinajstić information content (AvgIpc) is 3.16. The van der Waals surface area contributed by atoms with Gasteiger partial charge < -0.3 is 0 Å². The number of hydrogen-bond acceptors (Lipinski definition) is 1. The van der Waals surface area contributed by atoms with Gasteiger partial charge in [-0.3, -0.25) is 0 Å². The molecule has 0 N–H and O–H groups in total. The van der Waals surface area contributed by atoms with Crippen LogP contribution in [-0.4, -0.2) is 0 Å². The maximum Gasteiger partial charge on any atom is 0.0430 e. The molecule has 0 radical (unpaired) electrons. The van der Waals surface area contributed by atoms with E-state index in [0.717, 1.165) is 0 Å². The number of hydrogen-bond donors (Lipinski definition) is 0. The highest BCUT2D eigenvalue weighted by Gasteiger charge is 2.35. The predicted molar refractivity (Wildman–Crippen MR) is 94.8 cm³/mol. The summed E-state index contributed by atoms with van der Waals surface area (Å²) < 4.78 is 0. The lowest BCUT2D eigenvalue weighted by molar-refractivity contribution is 0.769. The molecule has 0 saturated heterocycles. The molecule has 2 unspecified atom stereocenters. The van der Waals surface area contributed by atoms with Crippen LogP contribution in [0, 0.1) is 6.92 Å². The Labute approximate surface area is 133 Å². The monoisotopic (exact) mass is 298 g/mol. The van der Waals surface area contributed by atoms with E-state index in [2.05, 4.69) is 61.6 Å². The molecule has 3 aliphatic rings. The van der Waals surface area contributed by atoms with Crippen molar-refractivity contribution >= 4 is 22.1 Å². The van der Waals surface area contributed by atoms with Crippen molar-refractivity contribution in [3.8, 4) is 21.6 Å². The van der Waals surface area contributed by atoms with Gasteiger partial charge in [-0.05, 0) is 40.5 Å². The number of fused-ring (bicyclic) bond motifs is 6. The van der Waals surface area contributed by atoms with Crippen molar-refractivity contribution in [1.29, 1.82) is 0 Å². The molecule has 22 heavy (non-hydrogen) atoms. The number of rotatable bonds is 0. The Morgan fingerprint density at radius 3 is 2.18 bits per heavy atom. The fourth-order valence-corrected chi connectivity index (χ4v) is 5.69. The first kappa shape index (κ1) is 11.4. The highest BCUT2D eigenvalue weighted by molar-refractivity contribution is 7.16. The topological polar surface area (TPSA) is 0 Å². The van der Waals surface area contributed by atoms with E-state index in [1.54, 1.807) is 0 Å². The molecule has 0 aliphatic heterocycles. The summed E-state index contributed by atoms with van der Waals surface area (Å²) in [6.45, 7) is 2.21. The summed E-state index contributed by atoms with van der Waals surface area (Å²) in [5.74, 6) is 1.06. The van der Waals surface area contributed by atoms with Crippen molar-refractivity contribution in [2.75, 3.05) is 0 Å². The Morgan fingerprint density at radius 1 is 0.773 bits per heavy atom. The average molecular weight is 298 g/mol. The van der Waals surface area contributed by atoms with Gasteiger partial charge in [0.15, 0.2) is 0 Å². The van der Waals surface area contributed by atoms with E-state index in [0.29, 0.717) is 11.8 Å². The van der Waals surface area contributed by atoms with Gasteiger partial charge in [-0.25, -0.2) is 0 Å². The Bertz CT molecular complexity index is 967. The zero-order chi connectivity index (χ0) is 14.4. The first-order valence-corrected chi connectivity index (χ1v) is 8.70. The Kier molecular flexibility index (Phi) is 1.88. The van der Waals surface area contributed by atoms with Gasteiger partial charge in [0.1, 0.15) is 0 Å². The summed E-state index contributed by atoms with van der Waals surface area (Å²) >= 11 is 1.94. The van der Waals surface area contributed by atoms with Crippen LogP contribution in [0.15, 0.2) is 54.6 Å². The van der Waals surface area contributed by atoms with Crippen LogP contribution in [-0.2, 0) is 0 Å². The van der Waals surface area contributed by atoms with Gasteiger partial charge in [0.2, 0.25) is 0 Å². The molecule has 2 aromatic carbocycles. The van der Waals surface area contributed by atoms with E-state index in [1.165, 1.54) is 48.3 Å². The number of aryl methyl sites for hydroxylation is 1. The van der Waals surface area contributed by atoms with Crippen LogP contribution in [0.5, 0.6) is 0 Å². The molecule has 0 nitrogen and oxygen atoms in total. The molecule has 3 aromatic rings. The second-order valence-electron chi connectivity index (χ2n) is 6.58. The van der Waals surface area contributed by atoms with Crippen LogP contribution in [0.25, 0.3) is 32.3 Å². The number of benzene rings is 2. The van der Waals surface area contributed by atoms with Crippen molar-refractivity contribution in [3.05, 3.63) is 70.6 Å². The fraction of sp³-hybridized carbons (Fsp3) is 0.143. The number of allylic oxidation sites excluding steroid dienone is 4. The number of thiophene rings is 1. The van der Waals surface area contributed by atoms with Gasteiger partial charge in [0.05, 0.1) is 0 Å². The van der Waals surface area contributed by atoms with Crippen LogP contribution in [0.3, 0.4) is 0 Å². The smallest absolute Gasteiger partial charge is 0.0430 e. The minimum atomic E-state index is 0.532. The van der Waals surface area contributed by atoms with E-state index >= 15 is 0 Å². The van der Waals surface area contributed by atoms with Crippen molar-refractivity contribution in [3.63, 3.8) is 0 Å². The third-order valence-corrected chi connectivity index (χ3v) is 6.55. The standard InChI is InChI=1S/C21H14S/c1-11-10-18-16-7-6-14-12-4-2-3-5-13(12)15-8-9-17(21(18)22-11)20(16)19(14)15/h2-10,12-13H,1H3. The van der Waals surface area contributed by atoms with Crippen molar-refractivity contribution < 1.29 is 0 Å². The summed E-state index contributed by atoms with van der Waals surface area (Å²) in [6, 6.07) is 11.8. The lowest BCUT2D eigenvalue weighted by Gasteiger charge is -2.17. The maximum atomic E-state index is 2.38. The van der Waals surface area contributed by atoms with Gasteiger partial charge >= 0.3 is 0 Å². The molecule has 1 heteroatoms. The summed E-state index contributed by atoms with van der Waals surface area (Å²) in [6.07, 6.45) is 9.15. The highest BCUT2D eigenvalue weighted by atomic mass is 32.1. The minimum absolute atomic E-state index is 0.532. The molecule has 1 aromatic heterocycles. The van der Waals surface area contributed by atoms with E-state index in [9.17, 15) is 0 Å². The first-order valence-electron chi connectivity index (χ1n) is 7.88. The van der Waals surface area contributed by atoms with Gasteiger partial charge in [0.25, 0.3) is 0 Å². The van der Waals surface area contributed by atoms with E-state index < -0.39 is 0 Å². The van der Waals surface area contributed by atoms with Crippen LogP contribution in [0.4, 0.5) is 0 Å². The van der Waals surface area contributed by atoms with Crippen molar-refractivity contribution in [2.45, 2.75) is 18.8 Å². The molecular weight excluding hydrogens is 284 g/mol. The normalized spacial score (nSPS) is 22.4. The lowest BCUT2D eigenvalue weighted by Crippen LogP contribution is -2.01. The quantitative estimate of drug-likeness (QED) is 0.364. The Balaban J connectivity index is 1.80. The van der Waals surface area contributed by atoms with E-state index in [1.807, 2.05) is 11.3 Å². The van der Waals surface area contributed by atoms with Crippen LogP contribution in [0.1, 0.15) is 27.8 Å². The van der Waals surface area contributed by atoms with Gasteiger partial charge in [-0.2, -0.15) is 0 Å². The molecule has 0 spiro atoms. The zero-order valence-electron chi connectivity index (χ0n) is 12.3. The van der Waals surface area contributed by atoms with E-state index in [4.69, 9.17) is 0 Å². The fourth-order valence-electron chi connectivity index (χ4n) is 4.63. The molecule has 2 atom stereocenters. The molecule has 1 heterocycles. The molecule has 0 amide bonds.